The lowest BCUT2D eigenvalue weighted by Gasteiger charge is -2.08. The summed E-state index contributed by atoms with van der Waals surface area (Å²) in [5.41, 5.74) is 7.42. The maximum absolute atomic E-state index is 5.79. The summed E-state index contributed by atoms with van der Waals surface area (Å²) in [5, 5.41) is 4.28. The second-order valence-corrected chi connectivity index (χ2v) is 4.94. The summed E-state index contributed by atoms with van der Waals surface area (Å²) in [7, 11) is 0. The van der Waals surface area contributed by atoms with Gasteiger partial charge >= 0.3 is 0 Å². The first-order chi connectivity index (χ1) is 8.81. The Morgan fingerprint density at radius 2 is 2.28 bits per heavy atom. The Labute approximate surface area is 111 Å². The van der Waals surface area contributed by atoms with Gasteiger partial charge < -0.3 is 11.1 Å². The summed E-state index contributed by atoms with van der Waals surface area (Å²) in [4.78, 5) is 8.47. The molecule has 4 nitrogen and oxygen atoms in total. The van der Waals surface area contributed by atoms with Crippen molar-refractivity contribution < 1.29 is 0 Å². The second kappa shape index (κ2) is 6.26. The normalized spacial score (nSPS) is 10.4. The van der Waals surface area contributed by atoms with Gasteiger partial charge in [0.15, 0.2) is 0 Å². The summed E-state index contributed by atoms with van der Waals surface area (Å²) in [6.45, 7) is 4.55. The molecule has 0 atom stereocenters. The lowest BCUT2D eigenvalue weighted by atomic mass is 10.2. The van der Waals surface area contributed by atoms with E-state index >= 15 is 0 Å². The SMILES string of the molecule is C=CCSCCNc1ncnc2ccc(N)cc12. The molecule has 0 aliphatic heterocycles. The van der Waals surface area contributed by atoms with Gasteiger partial charge in [0.2, 0.25) is 0 Å². The molecular formula is C13H16N4S. The van der Waals surface area contributed by atoms with Gasteiger partial charge in [0, 0.05) is 29.1 Å². The highest BCUT2D eigenvalue weighted by molar-refractivity contribution is 7.99. The summed E-state index contributed by atoms with van der Waals surface area (Å²) < 4.78 is 0. The average Bonchev–Trinajstić information content (AvgIpc) is 2.39. The van der Waals surface area contributed by atoms with Crippen molar-refractivity contribution in [2.45, 2.75) is 0 Å². The van der Waals surface area contributed by atoms with Crippen molar-refractivity contribution in [3.63, 3.8) is 0 Å². The largest absolute Gasteiger partial charge is 0.399 e. The van der Waals surface area contributed by atoms with Crippen LogP contribution in [0.1, 0.15) is 0 Å². The van der Waals surface area contributed by atoms with Crippen molar-refractivity contribution in [3.05, 3.63) is 37.2 Å². The van der Waals surface area contributed by atoms with Gasteiger partial charge in [-0.05, 0) is 18.2 Å². The summed E-state index contributed by atoms with van der Waals surface area (Å²) >= 11 is 1.83. The first-order valence-corrected chi connectivity index (χ1v) is 6.89. The fraction of sp³-hybridized carbons (Fsp3) is 0.231. The molecule has 5 heteroatoms. The average molecular weight is 260 g/mol. The number of hydrogen-bond acceptors (Lipinski definition) is 5. The fourth-order valence-electron chi connectivity index (χ4n) is 1.62. The maximum atomic E-state index is 5.79. The van der Waals surface area contributed by atoms with E-state index in [0.717, 1.165) is 40.5 Å². The molecule has 0 saturated carbocycles. The van der Waals surface area contributed by atoms with Crippen LogP contribution in [0.25, 0.3) is 10.9 Å². The molecule has 18 heavy (non-hydrogen) atoms. The number of nitrogens with zero attached hydrogens (tertiary/aromatic N) is 2. The summed E-state index contributed by atoms with van der Waals surface area (Å²) in [6, 6.07) is 5.65. The molecule has 0 fully saturated rings. The highest BCUT2D eigenvalue weighted by atomic mass is 32.2. The fourth-order valence-corrected chi connectivity index (χ4v) is 2.20. The van der Waals surface area contributed by atoms with Crippen molar-refractivity contribution in [3.8, 4) is 0 Å². The van der Waals surface area contributed by atoms with Crippen molar-refractivity contribution in [1.82, 2.24) is 9.97 Å². The van der Waals surface area contributed by atoms with Crippen molar-refractivity contribution in [1.29, 1.82) is 0 Å². The van der Waals surface area contributed by atoms with Gasteiger partial charge in [0.25, 0.3) is 0 Å². The number of nitrogens with one attached hydrogen (secondary N) is 1. The van der Waals surface area contributed by atoms with Crippen LogP contribution in [0, 0.1) is 0 Å². The lowest BCUT2D eigenvalue weighted by molar-refractivity contribution is 1.15. The number of thioether (sulfide) groups is 1. The quantitative estimate of drug-likeness (QED) is 0.475. The number of anilines is 2. The van der Waals surface area contributed by atoms with Crippen molar-refractivity contribution in [2.24, 2.45) is 0 Å². The Kier molecular flexibility index (Phi) is 4.41. The van der Waals surface area contributed by atoms with Crippen LogP contribution in [0.3, 0.4) is 0 Å². The van der Waals surface area contributed by atoms with Crippen LogP contribution < -0.4 is 11.1 Å². The van der Waals surface area contributed by atoms with E-state index in [4.69, 9.17) is 5.73 Å². The Balaban J connectivity index is 2.08. The van der Waals surface area contributed by atoms with Crippen molar-refractivity contribution >= 4 is 34.2 Å². The second-order valence-electron chi connectivity index (χ2n) is 3.79. The highest BCUT2D eigenvalue weighted by Gasteiger charge is 2.03. The standard InChI is InChI=1S/C13H16N4S/c1-2-6-18-7-5-15-13-11-8-10(14)3-4-12(11)16-9-17-13/h2-4,8-9H,1,5-7,14H2,(H,15,16,17). The van der Waals surface area contributed by atoms with Gasteiger partial charge in [-0.25, -0.2) is 9.97 Å². The zero-order valence-corrected chi connectivity index (χ0v) is 10.9. The van der Waals surface area contributed by atoms with Gasteiger partial charge in [0.1, 0.15) is 12.1 Å². The molecule has 0 spiro atoms. The number of fused-ring (bicyclic) bond motifs is 1. The van der Waals surface area contributed by atoms with Crippen molar-refractivity contribution in [2.75, 3.05) is 29.1 Å². The number of rotatable bonds is 6. The molecule has 94 valence electrons. The zero-order chi connectivity index (χ0) is 12.8. The van der Waals surface area contributed by atoms with Crippen LogP contribution in [-0.2, 0) is 0 Å². The Bertz CT molecular complexity index is 542. The van der Waals surface area contributed by atoms with Gasteiger partial charge in [-0.1, -0.05) is 6.08 Å². The smallest absolute Gasteiger partial charge is 0.137 e. The minimum Gasteiger partial charge on any atom is -0.399 e. The first-order valence-electron chi connectivity index (χ1n) is 5.74. The molecule has 0 unspecified atom stereocenters. The van der Waals surface area contributed by atoms with Crippen LogP contribution in [0.2, 0.25) is 0 Å². The number of benzene rings is 1. The molecule has 0 bridgehead atoms. The van der Waals surface area contributed by atoms with E-state index in [2.05, 4.69) is 21.9 Å². The molecule has 0 aliphatic carbocycles. The third-order valence-electron chi connectivity index (χ3n) is 2.43. The zero-order valence-electron chi connectivity index (χ0n) is 10.1. The van der Waals surface area contributed by atoms with Gasteiger partial charge in [-0.3, -0.25) is 0 Å². The summed E-state index contributed by atoms with van der Waals surface area (Å²) in [5.74, 6) is 2.82. The van der Waals surface area contributed by atoms with Crippen LogP contribution >= 0.6 is 11.8 Å². The van der Waals surface area contributed by atoms with E-state index in [-0.39, 0.29) is 0 Å². The van der Waals surface area contributed by atoms with E-state index in [1.165, 1.54) is 0 Å². The molecule has 2 aromatic rings. The molecule has 0 radical (unpaired) electrons. The third kappa shape index (κ3) is 3.13. The van der Waals surface area contributed by atoms with E-state index in [1.54, 1.807) is 6.33 Å². The molecule has 1 aromatic carbocycles. The molecule has 1 aromatic heterocycles. The van der Waals surface area contributed by atoms with Gasteiger partial charge in [-0.2, -0.15) is 11.8 Å². The van der Waals surface area contributed by atoms with E-state index in [0.29, 0.717) is 0 Å². The van der Waals surface area contributed by atoms with E-state index < -0.39 is 0 Å². The number of aromatic nitrogens is 2. The van der Waals surface area contributed by atoms with Crippen LogP contribution in [0.15, 0.2) is 37.2 Å². The molecule has 1 heterocycles. The molecule has 2 rings (SSSR count). The van der Waals surface area contributed by atoms with Crippen LogP contribution in [0.5, 0.6) is 0 Å². The molecular weight excluding hydrogens is 244 g/mol. The first kappa shape index (κ1) is 12.7. The lowest BCUT2D eigenvalue weighted by Crippen LogP contribution is -2.06. The van der Waals surface area contributed by atoms with Gasteiger partial charge in [0.05, 0.1) is 5.52 Å². The third-order valence-corrected chi connectivity index (χ3v) is 3.40. The van der Waals surface area contributed by atoms with Gasteiger partial charge in [-0.15, -0.1) is 6.58 Å². The minimum atomic E-state index is 0.724. The Morgan fingerprint density at radius 1 is 1.39 bits per heavy atom. The predicted molar refractivity (Wildman–Crippen MR) is 80.0 cm³/mol. The monoisotopic (exact) mass is 260 g/mol. The molecule has 0 amide bonds. The summed E-state index contributed by atoms with van der Waals surface area (Å²) in [6.07, 6.45) is 3.48. The van der Waals surface area contributed by atoms with Crippen LogP contribution in [0.4, 0.5) is 11.5 Å². The molecule has 3 N–H and O–H groups in total. The predicted octanol–water partition coefficient (Wildman–Crippen LogP) is 2.54. The Morgan fingerprint density at radius 3 is 3.11 bits per heavy atom. The van der Waals surface area contributed by atoms with Crippen LogP contribution in [-0.4, -0.2) is 28.0 Å². The molecule has 0 aliphatic rings. The minimum absolute atomic E-state index is 0.724. The van der Waals surface area contributed by atoms with E-state index in [9.17, 15) is 0 Å². The maximum Gasteiger partial charge on any atom is 0.137 e. The topological polar surface area (TPSA) is 63.8 Å². The number of nitrogens with two attached hydrogens (primary N) is 1. The highest BCUT2D eigenvalue weighted by Crippen LogP contribution is 2.21. The Hall–Kier alpha value is -1.75. The molecule has 0 saturated heterocycles. The number of hydrogen-bond donors (Lipinski definition) is 2. The van der Waals surface area contributed by atoms with E-state index in [1.807, 2.05) is 36.0 Å². The number of nitrogen functional groups attached to an aromatic ring is 1.